The van der Waals surface area contributed by atoms with E-state index in [1.54, 1.807) is 0 Å². The molecule has 0 unspecified atom stereocenters. The molecular weight excluding hydrogens is 218 g/mol. The number of rotatable bonds is 1. The molecule has 0 aromatic heterocycles. The molecule has 0 radical (unpaired) electrons. The van der Waals surface area contributed by atoms with Crippen LogP contribution in [0.5, 0.6) is 0 Å². The lowest BCUT2D eigenvalue weighted by Gasteiger charge is -2.17. The molecule has 1 aromatic carbocycles. The number of hydrogen-bond donors (Lipinski definition) is 0. The molecule has 1 aliphatic heterocycles. The molecule has 18 heavy (non-hydrogen) atoms. The molecule has 1 aliphatic rings. The van der Waals surface area contributed by atoms with E-state index in [1.165, 1.54) is 23.1 Å². The fourth-order valence-corrected chi connectivity index (χ4v) is 2.24. The molecule has 1 heteroatoms. The lowest BCUT2D eigenvalue weighted by molar-refractivity contribution is 0.360. The van der Waals surface area contributed by atoms with Crippen molar-refractivity contribution in [2.75, 3.05) is 20.1 Å². The van der Waals surface area contributed by atoms with Gasteiger partial charge >= 0.3 is 0 Å². The van der Waals surface area contributed by atoms with Crippen LogP contribution in [0.2, 0.25) is 0 Å². The van der Waals surface area contributed by atoms with E-state index in [0.29, 0.717) is 0 Å². The number of nitrogens with zero attached hydrogens (tertiary/aromatic N) is 1. The van der Waals surface area contributed by atoms with Crippen molar-refractivity contribution in [1.82, 2.24) is 4.90 Å². The summed E-state index contributed by atoms with van der Waals surface area (Å²) in [5.41, 5.74) is 3.69. The highest BCUT2D eigenvalue weighted by Crippen LogP contribution is 2.19. The van der Waals surface area contributed by atoms with E-state index >= 15 is 0 Å². The first kappa shape index (κ1) is 12.8. The molecule has 0 aliphatic carbocycles. The molecule has 1 heterocycles. The third-order valence-corrected chi connectivity index (χ3v) is 3.15. The second-order valence-corrected chi connectivity index (χ2v) is 4.91. The van der Waals surface area contributed by atoms with E-state index in [4.69, 9.17) is 0 Å². The van der Waals surface area contributed by atoms with Gasteiger partial charge in [0.15, 0.2) is 0 Å². The Hall–Kier alpha value is -1.60. The summed E-state index contributed by atoms with van der Waals surface area (Å²) in [7, 11) is 2.16. The normalized spacial score (nSPS) is 23.2. The Kier molecular flexibility index (Phi) is 4.54. The standard InChI is InChI=1S/C17H21N/c1-15-13-17(16-9-5-3-6-10-16)11-7-4-8-12-18(2)14-15/h3,5-7,9-11,13H,1,4,8,12,14H2,2H3/b11-7-,17-13+. The zero-order chi connectivity index (χ0) is 12.8. The van der Waals surface area contributed by atoms with Crippen molar-refractivity contribution < 1.29 is 0 Å². The predicted octanol–water partition coefficient (Wildman–Crippen LogP) is 3.91. The first-order valence-electron chi connectivity index (χ1n) is 6.56. The quantitative estimate of drug-likeness (QED) is 0.718. The van der Waals surface area contributed by atoms with Crippen LogP contribution in [0.25, 0.3) is 5.57 Å². The molecule has 0 fully saturated rings. The van der Waals surface area contributed by atoms with Crippen LogP contribution in [0, 0.1) is 0 Å². The van der Waals surface area contributed by atoms with Crippen LogP contribution >= 0.6 is 0 Å². The van der Waals surface area contributed by atoms with Gasteiger partial charge < -0.3 is 4.90 Å². The lowest BCUT2D eigenvalue weighted by atomic mass is 10.0. The molecule has 0 spiro atoms. The van der Waals surface area contributed by atoms with E-state index in [9.17, 15) is 0 Å². The fraction of sp³-hybridized carbons (Fsp3) is 0.294. The van der Waals surface area contributed by atoms with Crippen LogP contribution in [0.3, 0.4) is 0 Å². The maximum atomic E-state index is 4.16. The molecule has 0 N–H and O–H groups in total. The van der Waals surface area contributed by atoms with Gasteiger partial charge in [-0.2, -0.15) is 0 Å². The zero-order valence-electron chi connectivity index (χ0n) is 11.1. The third kappa shape index (κ3) is 3.71. The first-order chi connectivity index (χ1) is 8.75. The predicted molar refractivity (Wildman–Crippen MR) is 79.4 cm³/mol. The molecule has 0 amide bonds. The fourth-order valence-electron chi connectivity index (χ4n) is 2.24. The van der Waals surface area contributed by atoms with Gasteiger partial charge in [0.1, 0.15) is 0 Å². The summed E-state index contributed by atoms with van der Waals surface area (Å²) >= 11 is 0. The van der Waals surface area contributed by atoms with Crippen molar-refractivity contribution in [1.29, 1.82) is 0 Å². The molecule has 0 bridgehead atoms. The van der Waals surface area contributed by atoms with Crippen LogP contribution < -0.4 is 0 Å². The SMILES string of the molecule is C=C1/C=C(c2ccccc2)\C=C/CCCN(C)C1. The lowest BCUT2D eigenvalue weighted by Crippen LogP contribution is -2.21. The van der Waals surface area contributed by atoms with Gasteiger partial charge in [0.25, 0.3) is 0 Å². The van der Waals surface area contributed by atoms with Gasteiger partial charge in [-0.15, -0.1) is 0 Å². The van der Waals surface area contributed by atoms with E-state index in [-0.39, 0.29) is 0 Å². The molecule has 0 saturated carbocycles. The van der Waals surface area contributed by atoms with E-state index in [1.807, 2.05) is 0 Å². The molecule has 2 rings (SSSR count). The van der Waals surface area contributed by atoms with Crippen molar-refractivity contribution in [2.45, 2.75) is 12.8 Å². The summed E-state index contributed by atoms with van der Waals surface area (Å²) in [6.45, 7) is 6.25. The van der Waals surface area contributed by atoms with Gasteiger partial charge in [-0.05, 0) is 43.1 Å². The molecule has 94 valence electrons. The maximum Gasteiger partial charge on any atom is 0.0225 e. The number of hydrogen-bond acceptors (Lipinski definition) is 1. The Morgan fingerprint density at radius 2 is 1.94 bits per heavy atom. The average molecular weight is 239 g/mol. The second-order valence-electron chi connectivity index (χ2n) is 4.91. The summed E-state index contributed by atoms with van der Waals surface area (Å²) in [5.74, 6) is 0. The Morgan fingerprint density at radius 3 is 2.72 bits per heavy atom. The largest absolute Gasteiger partial charge is 0.302 e. The van der Waals surface area contributed by atoms with Crippen LogP contribution in [0.1, 0.15) is 18.4 Å². The maximum absolute atomic E-state index is 4.16. The average Bonchev–Trinajstić information content (AvgIpc) is 2.38. The van der Waals surface area contributed by atoms with Crippen molar-refractivity contribution in [3.63, 3.8) is 0 Å². The minimum atomic E-state index is 0.949. The van der Waals surface area contributed by atoms with E-state index in [2.05, 4.69) is 67.1 Å². The van der Waals surface area contributed by atoms with Crippen LogP contribution in [0.15, 0.2) is 60.7 Å². The Bertz CT molecular complexity index is 454. The van der Waals surface area contributed by atoms with Crippen LogP contribution in [-0.4, -0.2) is 25.0 Å². The Balaban J connectivity index is 2.27. The highest BCUT2D eigenvalue weighted by molar-refractivity contribution is 5.75. The molecule has 0 atom stereocenters. The minimum Gasteiger partial charge on any atom is -0.302 e. The first-order valence-corrected chi connectivity index (χ1v) is 6.56. The van der Waals surface area contributed by atoms with E-state index in [0.717, 1.165) is 19.5 Å². The number of likely N-dealkylation sites (N-methyl/N-ethyl adjacent to an activating group) is 1. The smallest absolute Gasteiger partial charge is 0.0225 e. The second kappa shape index (κ2) is 6.36. The van der Waals surface area contributed by atoms with Gasteiger partial charge in [-0.25, -0.2) is 0 Å². The monoisotopic (exact) mass is 239 g/mol. The van der Waals surface area contributed by atoms with Gasteiger partial charge in [-0.3, -0.25) is 0 Å². The van der Waals surface area contributed by atoms with Gasteiger partial charge in [0, 0.05) is 6.54 Å². The molecule has 1 aromatic rings. The molecule has 1 nitrogen and oxygen atoms in total. The highest BCUT2D eigenvalue weighted by Gasteiger charge is 2.03. The van der Waals surface area contributed by atoms with Crippen molar-refractivity contribution in [3.8, 4) is 0 Å². The minimum absolute atomic E-state index is 0.949. The third-order valence-electron chi connectivity index (χ3n) is 3.15. The number of benzene rings is 1. The zero-order valence-corrected chi connectivity index (χ0v) is 11.1. The van der Waals surface area contributed by atoms with Crippen molar-refractivity contribution in [2.24, 2.45) is 0 Å². The highest BCUT2D eigenvalue weighted by atomic mass is 15.1. The summed E-state index contributed by atoms with van der Waals surface area (Å²) < 4.78 is 0. The van der Waals surface area contributed by atoms with Crippen molar-refractivity contribution >= 4 is 5.57 Å². The molecule has 0 saturated heterocycles. The summed E-state index contributed by atoms with van der Waals surface area (Å²) in [6.07, 6.45) is 9.05. The Labute approximate surface area is 110 Å². The van der Waals surface area contributed by atoms with E-state index < -0.39 is 0 Å². The molecular formula is C17H21N. The van der Waals surface area contributed by atoms with Gasteiger partial charge in [0.05, 0.1) is 0 Å². The Morgan fingerprint density at radius 1 is 1.17 bits per heavy atom. The summed E-state index contributed by atoms with van der Waals surface area (Å²) in [6, 6.07) is 10.5. The topological polar surface area (TPSA) is 3.24 Å². The summed E-state index contributed by atoms with van der Waals surface area (Å²) in [4.78, 5) is 2.33. The van der Waals surface area contributed by atoms with Crippen LogP contribution in [-0.2, 0) is 0 Å². The van der Waals surface area contributed by atoms with Gasteiger partial charge in [-0.1, -0.05) is 55.1 Å². The van der Waals surface area contributed by atoms with Gasteiger partial charge in [0.2, 0.25) is 0 Å². The van der Waals surface area contributed by atoms with Crippen LogP contribution in [0.4, 0.5) is 0 Å². The summed E-state index contributed by atoms with van der Waals surface area (Å²) in [5, 5.41) is 0. The van der Waals surface area contributed by atoms with Crippen molar-refractivity contribution in [3.05, 3.63) is 66.3 Å². The number of allylic oxidation sites excluding steroid dienone is 3.